The fraction of sp³-hybridized carbons (Fsp3) is 0.833. The van der Waals surface area contributed by atoms with E-state index in [1.165, 1.54) is 0 Å². The Morgan fingerprint density at radius 3 is 2.78 bits per heavy atom. The molecule has 6 heteroatoms. The standard InChI is InChI=1S/C12H22N2O4/c1-3-5-10(11(15)16)13-12(17)14-6-7-18-8-9(14)4-2/h9-10H,3-8H2,1-2H3,(H,13,17)(H,15,16)/t9?,10-/m0/s1. The van der Waals surface area contributed by atoms with Gasteiger partial charge in [0.25, 0.3) is 0 Å². The summed E-state index contributed by atoms with van der Waals surface area (Å²) in [7, 11) is 0. The van der Waals surface area contributed by atoms with Gasteiger partial charge in [0.05, 0.1) is 19.3 Å². The lowest BCUT2D eigenvalue weighted by Crippen LogP contribution is -2.55. The maximum atomic E-state index is 12.1. The predicted molar refractivity (Wildman–Crippen MR) is 66.5 cm³/mol. The average molecular weight is 258 g/mol. The Morgan fingerprint density at radius 2 is 2.22 bits per heavy atom. The molecule has 1 aliphatic heterocycles. The van der Waals surface area contributed by atoms with Crippen LogP contribution < -0.4 is 5.32 Å². The predicted octanol–water partition coefficient (Wildman–Crippen LogP) is 1.06. The second-order valence-corrected chi connectivity index (χ2v) is 4.46. The lowest BCUT2D eigenvalue weighted by molar-refractivity contribution is -0.139. The number of aliphatic carboxylic acids is 1. The number of carboxylic acid groups (broad SMARTS) is 1. The van der Waals surface area contributed by atoms with Gasteiger partial charge in [0, 0.05) is 6.54 Å². The summed E-state index contributed by atoms with van der Waals surface area (Å²) < 4.78 is 5.32. The Kier molecular flexibility index (Phi) is 5.91. The molecule has 1 unspecified atom stereocenters. The van der Waals surface area contributed by atoms with Crippen LogP contribution in [0.25, 0.3) is 0 Å². The molecule has 0 bridgehead atoms. The molecule has 1 fully saturated rings. The van der Waals surface area contributed by atoms with Gasteiger partial charge in [-0.1, -0.05) is 20.3 Å². The molecule has 1 aliphatic rings. The number of hydrogen-bond acceptors (Lipinski definition) is 3. The first-order chi connectivity index (χ1) is 8.60. The number of ether oxygens (including phenoxy) is 1. The number of hydrogen-bond donors (Lipinski definition) is 2. The molecule has 0 aromatic carbocycles. The molecule has 0 spiro atoms. The molecule has 0 radical (unpaired) electrons. The molecule has 0 saturated carbocycles. The largest absolute Gasteiger partial charge is 0.480 e. The molecule has 1 rings (SSSR count). The lowest BCUT2D eigenvalue weighted by Gasteiger charge is -2.35. The van der Waals surface area contributed by atoms with Crippen LogP contribution in [-0.2, 0) is 9.53 Å². The normalized spacial score (nSPS) is 21.4. The average Bonchev–Trinajstić information content (AvgIpc) is 2.37. The smallest absolute Gasteiger partial charge is 0.326 e. The maximum absolute atomic E-state index is 12.1. The fourth-order valence-electron chi connectivity index (χ4n) is 2.04. The summed E-state index contributed by atoms with van der Waals surface area (Å²) in [5.41, 5.74) is 0. The van der Waals surface area contributed by atoms with Gasteiger partial charge in [0.15, 0.2) is 0 Å². The lowest BCUT2D eigenvalue weighted by atomic mass is 10.1. The van der Waals surface area contributed by atoms with E-state index in [9.17, 15) is 9.59 Å². The second kappa shape index (κ2) is 7.20. The minimum Gasteiger partial charge on any atom is -0.480 e. The van der Waals surface area contributed by atoms with Crippen molar-refractivity contribution < 1.29 is 19.4 Å². The summed E-state index contributed by atoms with van der Waals surface area (Å²) in [4.78, 5) is 24.7. The quantitative estimate of drug-likeness (QED) is 0.773. The van der Waals surface area contributed by atoms with Gasteiger partial charge in [-0.05, 0) is 12.8 Å². The van der Waals surface area contributed by atoms with E-state index in [-0.39, 0.29) is 12.1 Å². The van der Waals surface area contributed by atoms with Gasteiger partial charge in [-0.15, -0.1) is 0 Å². The maximum Gasteiger partial charge on any atom is 0.326 e. The minimum absolute atomic E-state index is 0.0369. The fourth-order valence-corrected chi connectivity index (χ4v) is 2.04. The van der Waals surface area contributed by atoms with Crippen molar-refractivity contribution >= 4 is 12.0 Å². The summed E-state index contributed by atoms with van der Waals surface area (Å²) in [5.74, 6) is -0.980. The molecular weight excluding hydrogens is 236 g/mol. The van der Waals surface area contributed by atoms with Gasteiger partial charge in [0.2, 0.25) is 0 Å². The topological polar surface area (TPSA) is 78.9 Å². The third-order valence-corrected chi connectivity index (χ3v) is 3.13. The van der Waals surface area contributed by atoms with Crippen molar-refractivity contribution in [1.29, 1.82) is 0 Å². The van der Waals surface area contributed by atoms with Crippen LogP contribution in [0.15, 0.2) is 0 Å². The zero-order valence-corrected chi connectivity index (χ0v) is 11.0. The van der Waals surface area contributed by atoms with Crippen molar-refractivity contribution in [1.82, 2.24) is 10.2 Å². The van der Waals surface area contributed by atoms with Crippen LogP contribution in [0.5, 0.6) is 0 Å². The third-order valence-electron chi connectivity index (χ3n) is 3.13. The van der Waals surface area contributed by atoms with E-state index in [1.54, 1.807) is 4.90 Å². The summed E-state index contributed by atoms with van der Waals surface area (Å²) in [6.45, 7) is 5.43. The number of rotatable bonds is 5. The molecule has 104 valence electrons. The van der Waals surface area contributed by atoms with E-state index < -0.39 is 12.0 Å². The van der Waals surface area contributed by atoms with Gasteiger partial charge in [-0.3, -0.25) is 0 Å². The van der Waals surface area contributed by atoms with Crippen molar-refractivity contribution in [3.63, 3.8) is 0 Å². The van der Waals surface area contributed by atoms with E-state index in [0.29, 0.717) is 26.2 Å². The number of carbonyl (C=O) groups is 2. The van der Waals surface area contributed by atoms with Crippen LogP contribution in [0.1, 0.15) is 33.1 Å². The Morgan fingerprint density at radius 1 is 1.50 bits per heavy atom. The molecule has 6 nitrogen and oxygen atoms in total. The molecule has 1 heterocycles. The number of morpholine rings is 1. The number of carboxylic acids is 1. The Bertz CT molecular complexity index is 296. The highest BCUT2D eigenvalue weighted by Crippen LogP contribution is 2.11. The molecule has 1 saturated heterocycles. The molecular formula is C12H22N2O4. The van der Waals surface area contributed by atoms with E-state index in [4.69, 9.17) is 9.84 Å². The summed E-state index contributed by atoms with van der Waals surface area (Å²) in [6.07, 6.45) is 1.97. The minimum atomic E-state index is -0.980. The van der Waals surface area contributed by atoms with E-state index in [2.05, 4.69) is 5.32 Å². The van der Waals surface area contributed by atoms with Crippen molar-refractivity contribution in [2.75, 3.05) is 19.8 Å². The van der Waals surface area contributed by atoms with E-state index >= 15 is 0 Å². The second-order valence-electron chi connectivity index (χ2n) is 4.46. The Hall–Kier alpha value is -1.30. The number of carbonyl (C=O) groups excluding carboxylic acids is 1. The summed E-state index contributed by atoms with van der Waals surface area (Å²) >= 11 is 0. The Balaban J connectivity index is 2.58. The molecule has 2 amide bonds. The first kappa shape index (κ1) is 14.8. The van der Waals surface area contributed by atoms with Crippen molar-refractivity contribution in [2.45, 2.75) is 45.2 Å². The van der Waals surface area contributed by atoms with Crippen molar-refractivity contribution in [3.8, 4) is 0 Å². The monoisotopic (exact) mass is 258 g/mol. The van der Waals surface area contributed by atoms with Crippen molar-refractivity contribution in [3.05, 3.63) is 0 Å². The summed E-state index contributed by atoms with van der Waals surface area (Å²) in [6, 6.07) is -1.07. The summed E-state index contributed by atoms with van der Waals surface area (Å²) in [5, 5.41) is 11.6. The van der Waals surface area contributed by atoms with E-state index in [1.807, 2.05) is 13.8 Å². The first-order valence-electron chi connectivity index (χ1n) is 6.47. The number of nitrogens with one attached hydrogen (secondary N) is 1. The zero-order chi connectivity index (χ0) is 13.5. The van der Waals surface area contributed by atoms with Crippen LogP contribution in [0, 0.1) is 0 Å². The number of urea groups is 1. The van der Waals surface area contributed by atoms with E-state index in [0.717, 1.165) is 12.8 Å². The molecule has 2 atom stereocenters. The van der Waals surface area contributed by atoms with Gasteiger partial charge in [-0.2, -0.15) is 0 Å². The van der Waals surface area contributed by atoms with Gasteiger partial charge < -0.3 is 20.1 Å². The third kappa shape index (κ3) is 3.87. The molecule has 18 heavy (non-hydrogen) atoms. The highest BCUT2D eigenvalue weighted by molar-refractivity contribution is 5.82. The highest BCUT2D eigenvalue weighted by Gasteiger charge is 2.28. The van der Waals surface area contributed by atoms with Crippen LogP contribution in [0.4, 0.5) is 4.79 Å². The molecule has 0 aromatic heterocycles. The first-order valence-corrected chi connectivity index (χ1v) is 6.47. The van der Waals surface area contributed by atoms with Crippen LogP contribution in [0.2, 0.25) is 0 Å². The van der Waals surface area contributed by atoms with Gasteiger partial charge >= 0.3 is 12.0 Å². The van der Waals surface area contributed by atoms with Crippen LogP contribution >= 0.6 is 0 Å². The number of nitrogens with zero attached hydrogens (tertiary/aromatic N) is 1. The van der Waals surface area contributed by atoms with Gasteiger partial charge in [-0.25, -0.2) is 9.59 Å². The molecule has 2 N–H and O–H groups in total. The zero-order valence-electron chi connectivity index (χ0n) is 11.0. The van der Waals surface area contributed by atoms with Crippen molar-refractivity contribution in [2.24, 2.45) is 0 Å². The molecule has 0 aromatic rings. The molecule has 0 aliphatic carbocycles. The van der Waals surface area contributed by atoms with Crippen LogP contribution in [0.3, 0.4) is 0 Å². The SMILES string of the molecule is CCC[C@H](NC(=O)N1CCOCC1CC)C(=O)O. The van der Waals surface area contributed by atoms with Gasteiger partial charge in [0.1, 0.15) is 6.04 Å². The Labute approximate surface area is 107 Å². The van der Waals surface area contributed by atoms with Crippen LogP contribution in [-0.4, -0.2) is 53.8 Å². The number of amides is 2. The highest BCUT2D eigenvalue weighted by atomic mass is 16.5.